The van der Waals surface area contributed by atoms with E-state index in [1.54, 1.807) is 18.2 Å². The topological polar surface area (TPSA) is 109 Å². The van der Waals surface area contributed by atoms with Crippen LogP contribution in [0.25, 0.3) is 0 Å². The van der Waals surface area contributed by atoms with Crippen molar-refractivity contribution in [2.45, 2.75) is 6.92 Å². The lowest BCUT2D eigenvalue weighted by Crippen LogP contribution is -2.13. The summed E-state index contributed by atoms with van der Waals surface area (Å²) in [7, 11) is 0. The molecule has 0 saturated carbocycles. The number of amidine groups is 1. The Balaban J connectivity index is 2.13. The summed E-state index contributed by atoms with van der Waals surface area (Å²) in [5, 5.41) is 18.0. The van der Waals surface area contributed by atoms with Crippen LogP contribution in [0.2, 0.25) is 0 Å². The van der Waals surface area contributed by atoms with Crippen LogP contribution in [0.3, 0.4) is 0 Å². The lowest BCUT2D eigenvalue weighted by atomic mass is 10.3. The van der Waals surface area contributed by atoms with Gasteiger partial charge in [0.25, 0.3) is 0 Å². The van der Waals surface area contributed by atoms with Gasteiger partial charge in [0, 0.05) is 29.6 Å². The Morgan fingerprint density at radius 3 is 2.82 bits per heavy atom. The first-order valence-corrected chi connectivity index (χ1v) is 4.83. The number of aryl methyl sites for hydroxylation is 1. The van der Waals surface area contributed by atoms with Gasteiger partial charge >= 0.3 is 0 Å². The van der Waals surface area contributed by atoms with Crippen LogP contribution in [0.1, 0.15) is 11.3 Å². The molecule has 7 heteroatoms. The Morgan fingerprint density at radius 2 is 2.29 bits per heavy atom. The molecule has 0 aromatic carbocycles. The Morgan fingerprint density at radius 1 is 1.47 bits per heavy atom. The van der Waals surface area contributed by atoms with Crippen molar-refractivity contribution in [2.75, 3.05) is 0 Å². The number of aromatic amines is 1. The molecule has 0 spiro atoms. The zero-order valence-electron chi connectivity index (χ0n) is 9.08. The highest BCUT2D eigenvalue weighted by atomic mass is 16.5. The third kappa shape index (κ3) is 2.51. The van der Waals surface area contributed by atoms with E-state index < -0.39 is 0 Å². The van der Waals surface area contributed by atoms with Crippen LogP contribution in [0.15, 0.2) is 29.6 Å². The van der Waals surface area contributed by atoms with Gasteiger partial charge in [-0.05, 0) is 13.0 Å². The predicted molar refractivity (Wildman–Crippen MR) is 60.1 cm³/mol. The van der Waals surface area contributed by atoms with Gasteiger partial charge in [-0.25, -0.2) is 4.98 Å². The van der Waals surface area contributed by atoms with E-state index in [9.17, 15) is 0 Å². The number of ether oxygens (including phenoxy) is 1. The number of H-pyrrole nitrogens is 1. The third-order valence-electron chi connectivity index (χ3n) is 2.03. The van der Waals surface area contributed by atoms with Crippen LogP contribution in [0.5, 0.6) is 11.8 Å². The molecule has 7 nitrogen and oxygen atoms in total. The third-order valence-corrected chi connectivity index (χ3v) is 2.03. The van der Waals surface area contributed by atoms with Crippen LogP contribution in [0, 0.1) is 6.92 Å². The maximum absolute atomic E-state index is 8.49. The van der Waals surface area contributed by atoms with Crippen molar-refractivity contribution in [3.05, 3.63) is 35.7 Å². The average Bonchev–Trinajstić information content (AvgIpc) is 2.75. The summed E-state index contributed by atoms with van der Waals surface area (Å²) >= 11 is 0. The number of nitrogens with one attached hydrogen (secondary N) is 1. The number of hydrogen-bond acceptors (Lipinski definition) is 5. The lowest BCUT2D eigenvalue weighted by Gasteiger charge is -2.01. The number of oxime groups is 1. The zero-order valence-corrected chi connectivity index (χ0v) is 9.08. The molecule has 0 saturated heterocycles. The van der Waals surface area contributed by atoms with E-state index in [2.05, 4.69) is 20.3 Å². The normalized spacial score (nSPS) is 11.5. The Kier molecular flexibility index (Phi) is 2.91. The first-order chi connectivity index (χ1) is 8.19. The van der Waals surface area contributed by atoms with Gasteiger partial charge in [0.05, 0.1) is 0 Å². The number of nitrogens with two attached hydrogens (primary N) is 1. The minimum atomic E-state index is -0.000311. The monoisotopic (exact) mass is 233 g/mol. The molecule has 2 heterocycles. The number of pyridine rings is 1. The molecule has 2 aromatic heterocycles. The van der Waals surface area contributed by atoms with E-state index in [1.165, 1.54) is 6.20 Å². The molecule has 0 atom stereocenters. The number of hydrogen-bond donors (Lipinski definition) is 3. The van der Waals surface area contributed by atoms with Crippen molar-refractivity contribution in [1.29, 1.82) is 0 Å². The van der Waals surface area contributed by atoms with Crippen LogP contribution in [-0.4, -0.2) is 26.2 Å². The van der Waals surface area contributed by atoms with Gasteiger partial charge in [-0.15, -0.1) is 5.10 Å². The molecular formula is C10H11N5O2. The van der Waals surface area contributed by atoms with Crippen molar-refractivity contribution in [2.24, 2.45) is 10.9 Å². The molecule has 0 radical (unpaired) electrons. The maximum atomic E-state index is 8.49. The summed E-state index contributed by atoms with van der Waals surface area (Å²) in [5.41, 5.74) is 6.81. The van der Waals surface area contributed by atoms with Crippen LogP contribution < -0.4 is 10.5 Å². The van der Waals surface area contributed by atoms with Crippen LogP contribution in [0.4, 0.5) is 0 Å². The first-order valence-electron chi connectivity index (χ1n) is 4.83. The fraction of sp³-hybridized carbons (Fsp3) is 0.100. The highest BCUT2D eigenvalue weighted by Crippen LogP contribution is 2.17. The first kappa shape index (κ1) is 10.9. The minimum Gasteiger partial charge on any atom is -0.419 e. The van der Waals surface area contributed by atoms with E-state index >= 15 is 0 Å². The van der Waals surface area contributed by atoms with Gasteiger partial charge < -0.3 is 15.7 Å². The second-order valence-corrected chi connectivity index (χ2v) is 3.36. The largest absolute Gasteiger partial charge is 0.419 e. The molecule has 0 aliphatic rings. The fourth-order valence-electron chi connectivity index (χ4n) is 1.20. The molecule has 2 rings (SSSR count). The minimum absolute atomic E-state index is 0.000311. The van der Waals surface area contributed by atoms with E-state index in [4.69, 9.17) is 15.7 Å². The second-order valence-electron chi connectivity index (χ2n) is 3.36. The Labute approximate surface area is 96.9 Å². The summed E-state index contributed by atoms with van der Waals surface area (Å²) in [5.74, 6) is 0.817. The second kappa shape index (κ2) is 4.52. The van der Waals surface area contributed by atoms with Crippen molar-refractivity contribution >= 4 is 5.84 Å². The van der Waals surface area contributed by atoms with E-state index in [0.29, 0.717) is 17.3 Å². The van der Waals surface area contributed by atoms with E-state index in [1.807, 2.05) is 6.92 Å². The Hall–Kier alpha value is -2.57. The summed E-state index contributed by atoms with van der Waals surface area (Å²) in [4.78, 5) is 4.00. The number of nitrogens with zero attached hydrogens (tertiary/aromatic N) is 3. The predicted octanol–water partition coefficient (Wildman–Crippen LogP) is 1.000. The van der Waals surface area contributed by atoms with E-state index in [-0.39, 0.29) is 5.84 Å². The highest BCUT2D eigenvalue weighted by molar-refractivity contribution is 5.96. The fourth-order valence-corrected chi connectivity index (χ4v) is 1.20. The molecule has 17 heavy (non-hydrogen) atoms. The lowest BCUT2D eigenvalue weighted by molar-refractivity contribution is 0.318. The smallest absolute Gasteiger partial charge is 0.240 e. The standard InChI is InChI=1S/C10H11N5O2/c1-6-4-9(14-13-6)17-8-3-2-7(5-12-8)10(11)15-16/h2-5,16H,1H3,(H2,11,15)(H,13,14). The van der Waals surface area contributed by atoms with Crippen LogP contribution in [-0.2, 0) is 0 Å². The van der Waals surface area contributed by atoms with Crippen molar-refractivity contribution in [1.82, 2.24) is 15.2 Å². The average molecular weight is 233 g/mol. The number of aromatic nitrogens is 3. The summed E-state index contributed by atoms with van der Waals surface area (Å²) in [6.45, 7) is 1.87. The molecule has 0 aliphatic heterocycles. The Bertz CT molecular complexity index is 532. The van der Waals surface area contributed by atoms with Gasteiger partial charge in [-0.3, -0.25) is 5.10 Å². The van der Waals surface area contributed by atoms with Gasteiger partial charge in [0.15, 0.2) is 5.84 Å². The molecule has 88 valence electrons. The van der Waals surface area contributed by atoms with Crippen molar-refractivity contribution < 1.29 is 9.94 Å². The molecule has 0 amide bonds. The highest BCUT2D eigenvalue weighted by Gasteiger charge is 2.04. The van der Waals surface area contributed by atoms with Gasteiger partial charge in [0.2, 0.25) is 11.8 Å². The maximum Gasteiger partial charge on any atom is 0.240 e. The molecule has 2 aromatic rings. The summed E-state index contributed by atoms with van der Waals surface area (Å²) in [6.07, 6.45) is 1.45. The van der Waals surface area contributed by atoms with Crippen molar-refractivity contribution in [3.8, 4) is 11.8 Å². The van der Waals surface area contributed by atoms with Crippen molar-refractivity contribution in [3.63, 3.8) is 0 Å². The molecular weight excluding hydrogens is 222 g/mol. The van der Waals surface area contributed by atoms with Gasteiger partial charge in [-0.2, -0.15) is 0 Å². The molecule has 0 bridgehead atoms. The zero-order chi connectivity index (χ0) is 12.3. The molecule has 4 N–H and O–H groups in total. The molecule has 0 unspecified atom stereocenters. The SMILES string of the molecule is Cc1cc(Oc2ccc(/C(N)=N/O)cn2)n[nH]1. The molecule has 0 fully saturated rings. The van der Waals surface area contributed by atoms with Crippen LogP contribution >= 0.6 is 0 Å². The van der Waals surface area contributed by atoms with E-state index in [0.717, 1.165) is 5.69 Å². The summed E-state index contributed by atoms with van der Waals surface area (Å²) < 4.78 is 5.37. The molecule has 0 aliphatic carbocycles. The van der Waals surface area contributed by atoms with Gasteiger partial charge in [-0.1, -0.05) is 5.16 Å². The quantitative estimate of drug-likeness (QED) is 0.317. The summed E-state index contributed by atoms with van der Waals surface area (Å²) in [6, 6.07) is 4.99. The number of rotatable bonds is 3. The van der Waals surface area contributed by atoms with Gasteiger partial charge in [0.1, 0.15) is 0 Å².